The van der Waals surface area contributed by atoms with Gasteiger partial charge in [0.15, 0.2) is 0 Å². The van der Waals surface area contributed by atoms with Gasteiger partial charge in [-0.25, -0.2) is 0 Å². The predicted molar refractivity (Wildman–Crippen MR) is 129 cm³/mol. The van der Waals surface area contributed by atoms with Crippen LogP contribution in [0.2, 0.25) is 0 Å². The highest BCUT2D eigenvalue weighted by Gasteiger charge is 2.28. The number of hydrogen-bond acceptors (Lipinski definition) is 4. The molecule has 0 radical (unpaired) electrons. The first-order valence-electron chi connectivity index (χ1n) is 10.4. The lowest BCUT2D eigenvalue weighted by atomic mass is 10.1. The van der Waals surface area contributed by atoms with E-state index >= 15 is 0 Å². The van der Waals surface area contributed by atoms with Gasteiger partial charge in [0.05, 0.1) is 5.69 Å². The van der Waals surface area contributed by atoms with Gasteiger partial charge in [-0.2, -0.15) is 13.1 Å². The lowest BCUT2D eigenvalue weighted by molar-refractivity contribution is 0.101. The van der Waals surface area contributed by atoms with Gasteiger partial charge in [-0.15, -0.1) is 0 Å². The Balaban J connectivity index is 1.50. The van der Waals surface area contributed by atoms with Crippen molar-refractivity contribution in [1.82, 2.24) is 4.72 Å². The number of nitrogens with one attached hydrogen (secondary N) is 3. The number of amides is 2. The minimum Gasteiger partial charge on any atom is -0.322 e. The van der Waals surface area contributed by atoms with Gasteiger partial charge in [-0.1, -0.05) is 24.3 Å². The van der Waals surface area contributed by atoms with E-state index in [4.69, 9.17) is 0 Å². The van der Waals surface area contributed by atoms with Crippen molar-refractivity contribution < 1.29 is 18.0 Å². The van der Waals surface area contributed by atoms with Gasteiger partial charge in [0.25, 0.3) is 11.8 Å². The van der Waals surface area contributed by atoms with Gasteiger partial charge in [0.2, 0.25) is 0 Å². The highest BCUT2D eigenvalue weighted by atomic mass is 32.2. The van der Waals surface area contributed by atoms with E-state index in [9.17, 15) is 18.0 Å². The van der Waals surface area contributed by atoms with Crippen LogP contribution in [-0.4, -0.2) is 33.3 Å². The largest absolute Gasteiger partial charge is 0.322 e. The molecule has 1 heterocycles. The fourth-order valence-electron chi connectivity index (χ4n) is 3.62. The van der Waals surface area contributed by atoms with Crippen LogP contribution < -0.4 is 19.7 Å². The maximum Gasteiger partial charge on any atom is 0.301 e. The lowest BCUT2D eigenvalue weighted by Gasteiger charge is -2.17. The second-order valence-corrected chi connectivity index (χ2v) is 9.45. The molecule has 33 heavy (non-hydrogen) atoms. The van der Waals surface area contributed by atoms with E-state index in [-0.39, 0.29) is 11.8 Å². The van der Waals surface area contributed by atoms with Crippen LogP contribution in [0.1, 0.15) is 31.8 Å². The SMILES string of the molecule is Cc1ccc(NC(=O)c2ccc(N3CCNS3(=O)=O)cc2C)cc1NC(=O)c1ccccc1. The van der Waals surface area contributed by atoms with Crippen molar-refractivity contribution in [2.75, 3.05) is 28.0 Å². The highest BCUT2D eigenvalue weighted by molar-refractivity contribution is 7.91. The third kappa shape index (κ3) is 4.89. The number of rotatable bonds is 5. The smallest absolute Gasteiger partial charge is 0.301 e. The number of carbonyl (C=O) groups excluding carboxylic acids is 2. The average molecular weight is 465 g/mol. The van der Waals surface area contributed by atoms with Crippen molar-refractivity contribution >= 4 is 39.1 Å². The minimum atomic E-state index is -3.53. The van der Waals surface area contributed by atoms with Crippen LogP contribution in [0, 0.1) is 13.8 Å². The second kappa shape index (κ2) is 9.05. The summed E-state index contributed by atoms with van der Waals surface area (Å²) in [7, 11) is -3.53. The summed E-state index contributed by atoms with van der Waals surface area (Å²) in [5.74, 6) is -0.564. The molecule has 1 aliphatic rings. The van der Waals surface area contributed by atoms with Crippen LogP contribution in [-0.2, 0) is 10.2 Å². The van der Waals surface area contributed by atoms with E-state index in [1.165, 1.54) is 4.31 Å². The van der Waals surface area contributed by atoms with Gasteiger partial charge in [0.1, 0.15) is 0 Å². The summed E-state index contributed by atoms with van der Waals surface area (Å²) in [6, 6.07) is 19.1. The zero-order valence-electron chi connectivity index (χ0n) is 18.3. The van der Waals surface area contributed by atoms with Crippen LogP contribution in [0.25, 0.3) is 0 Å². The molecule has 0 aromatic heterocycles. The number of aryl methyl sites for hydroxylation is 2. The molecule has 170 valence electrons. The second-order valence-electron chi connectivity index (χ2n) is 7.77. The molecule has 1 saturated heterocycles. The van der Waals surface area contributed by atoms with E-state index < -0.39 is 10.2 Å². The van der Waals surface area contributed by atoms with Gasteiger partial charge < -0.3 is 10.6 Å². The molecule has 4 rings (SSSR count). The lowest BCUT2D eigenvalue weighted by Crippen LogP contribution is -2.29. The number of anilines is 3. The topological polar surface area (TPSA) is 108 Å². The molecular formula is C24H24N4O4S. The van der Waals surface area contributed by atoms with E-state index in [0.717, 1.165) is 5.56 Å². The van der Waals surface area contributed by atoms with Crippen molar-refractivity contribution in [3.8, 4) is 0 Å². The Morgan fingerprint density at radius 1 is 0.879 bits per heavy atom. The summed E-state index contributed by atoms with van der Waals surface area (Å²) >= 11 is 0. The normalized spacial score (nSPS) is 14.7. The van der Waals surface area contributed by atoms with Crippen LogP contribution in [0.3, 0.4) is 0 Å². The zero-order chi connectivity index (χ0) is 23.6. The molecular weight excluding hydrogens is 440 g/mol. The first kappa shape index (κ1) is 22.5. The molecule has 0 saturated carbocycles. The average Bonchev–Trinajstić information content (AvgIpc) is 3.15. The fraction of sp³-hybridized carbons (Fsp3) is 0.167. The third-order valence-electron chi connectivity index (χ3n) is 5.41. The summed E-state index contributed by atoms with van der Waals surface area (Å²) in [5, 5.41) is 5.73. The van der Waals surface area contributed by atoms with Gasteiger partial charge in [0, 0.05) is 35.6 Å². The summed E-state index contributed by atoms with van der Waals surface area (Å²) in [4.78, 5) is 25.4. The van der Waals surface area contributed by atoms with Crippen LogP contribution >= 0.6 is 0 Å². The quantitative estimate of drug-likeness (QED) is 0.537. The molecule has 3 aromatic carbocycles. The molecule has 9 heteroatoms. The maximum atomic E-state index is 12.9. The summed E-state index contributed by atoms with van der Waals surface area (Å²) in [6.45, 7) is 4.32. The number of benzene rings is 3. The van der Waals surface area contributed by atoms with Gasteiger partial charge in [-0.3, -0.25) is 13.9 Å². The van der Waals surface area contributed by atoms with Crippen molar-refractivity contribution in [3.05, 3.63) is 89.0 Å². The minimum absolute atomic E-state index is 0.236. The van der Waals surface area contributed by atoms with E-state index in [2.05, 4.69) is 15.4 Å². The summed E-state index contributed by atoms with van der Waals surface area (Å²) in [6.07, 6.45) is 0. The Hall–Kier alpha value is -3.69. The molecule has 0 bridgehead atoms. The Morgan fingerprint density at radius 2 is 1.64 bits per heavy atom. The monoisotopic (exact) mass is 464 g/mol. The molecule has 0 unspecified atom stereocenters. The standard InChI is InChI=1S/C24H24N4O4S/c1-16-8-9-19(15-22(16)27-23(29)18-6-4-3-5-7-18)26-24(30)21-11-10-20(14-17(21)2)28-13-12-25-33(28,31)32/h3-11,14-15,25H,12-13H2,1-2H3,(H,26,30)(H,27,29). The number of carbonyl (C=O) groups is 2. The van der Waals surface area contributed by atoms with Crippen molar-refractivity contribution in [1.29, 1.82) is 0 Å². The molecule has 1 fully saturated rings. The predicted octanol–water partition coefficient (Wildman–Crippen LogP) is 3.46. The van der Waals surface area contributed by atoms with E-state index in [1.54, 1.807) is 61.5 Å². The van der Waals surface area contributed by atoms with Crippen LogP contribution in [0.5, 0.6) is 0 Å². The zero-order valence-corrected chi connectivity index (χ0v) is 19.1. The maximum absolute atomic E-state index is 12.9. The molecule has 3 aromatic rings. The molecule has 0 aliphatic carbocycles. The van der Waals surface area contributed by atoms with Crippen molar-refractivity contribution in [3.63, 3.8) is 0 Å². The first-order chi connectivity index (χ1) is 15.7. The number of hydrogen-bond donors (Lipinski definition) is 3. The summed E-state index contributed by atoms with van der Waals surface area (Å²) < 4.78 is 27.9. The van der Waals surface area contributed by atoms with E-state index in [0.29, 0.717) is 46.8 Å². The number of nitrogens with zero attached hydrogens (tertiary/aromatic N) is 1. The Labute approximate surface area is 192 Å². The molecule has 2 amide bonds. The van der Waals surface area contributed by atoms with Gasteiger partial charge >= 0.3 is 10.2 Å². The third-order valence-corrected chi connectivity index (χ3v) is 6.95. The Bertz CT molecular complexity index is 1320. The molecule has 0 spiro atoms. The van der Waals surface area contributed by atoms with Crippen molar-refractivity contribution in [2.45, 2.75) is 13.8 Å². The highest BCUT2D eigenvalue weighted by Crippen LogP contribution is 2.25. The fourth-order valence-corrected chi connectivity index (χ4v) is 4.84. The first-order valence-corrected chi connectivity index (χ1v) is 11.8. The van der Waals surface area contributed by atoms with Crippen molar-refractivity contribution in [2.24, 2.45) is 0 Å². The molecule has 8 nitrogen and oxygen atoms in total. The summed E-state index contributed by atoms with van der Waals surface area (Å²) in [5.41, 5.74) is 4.12. The molecule has 3 N–H and O–H groups in total. The Morgan fingerprint density at radius 3 is 2.30 bits per heavy atom. The Kier molecular flexibility index (Phi) is 6.17. The van der Waals surface area contributed by atoms with Crippen LogP contribution in [0.4, 0.5) is 17.1 Å². The van der Waals surface area contributed by atoms with Crippen LogP contribution in [0.15, 0.2) is 66.7 Å². The van der Waals surface area contributed by atoms with Gasteiger partial charge in [-0.05, 0) is 67.4 Å². The van der Waals surface area contributed by atoms with E-state index in [1.807, 2.05) is 19.1 Å². The molecule has 0 atom stereocenters. The molecule has 1 aliphatic heterocycles.